The van der Waals surface area contributed by atoms with Crippen LogP contribution in [0.2, 0.25) is 0 Å². The Morgan fingerprint density at radius 2 is 1.27 bits per heavy atom. The normalized spacial score (nSPS) is 14.0. The number of hydrogen-bond acceptors (Lipinski definition) is 1. The highest BCUT2D eigenvalue weighted by Gasteiger charge is 2.37. The monoisotopic (exact) mass is 435 g/mol. The summed E-state index contributed by atoms with van der Waals surface area (Å²) in [5.74, 6) is -0.184. The van der Waals surface area contributed by atoms with Crippen LogP contribution in [0.4, 0.5) is 15.8 Å². The van der Waals surface area contributed by atoms with Crippen molar-refractivity contribution in [3.63, 3.8) is 0 Å². The van der Waals surface area contributed by atoms with Crippen LogP contribution in [-0.2, 0) is 5.41 Å². The molecule has 166 valence electrons. The van der Waals surface area contributed by atoms with Crippen molar-refractivity contribution in [2.24, 2.45) is 0 Å². The first-order valence-electron chi connectivity index (χ1n) is 11.6. The number of rotatable bonds is 3. The van der Waals surface area contributed by atoms with Crippen LogP contribution in [0.5, 0.6) is 0 Å². The molecule has 0 heterocycles. The van der Waals surface area contributed by atoms with Gasteiger partial charge < -0.3 is 4.90 Å². The molecule has 0 saturated carbocycles. The number of anilines is 2. The lowest BCUT2D eigenvalue weighted by atomic mass is 9.82. The first kappa shape index (κ1) is 21.5. The molecule has 4 aromatic rings. The zero-order chi connectivity index (χ0) is 23.4. The molecule has 33 heavy (non-hydrogen) atoms. The van der Waals surface area contributed by atoms with Crippen molar-refractivity contribution < 1.29 is 4.39 Å². The van der Waals surface area contributed by atoms with Crippen LogP contribution in [0, 0.1) is 5.82 Å². The Balaban J connectivity index is 1.64. The fourth-order valence-corrected chi connectivity index (χ4v) is 5.20. The summed E-state index contributed by atoms with van der Waals surface area (Å²) in [5.41, 5.74) is 8.03. The molecular formula is C31H30FN. The van der Waals surface area contributed by atoms with Gasteiger partial charge in [-0.25, -0.2) is 4.39 Å². The Bertz CT molecular complexity index is 1310. The summed E-state index contributed by atoms with van der Waals surface area (Å²) in [5, 5.41) is 0. The Morgan fingerprint density at radius 3 is 1.94 bits per heavy atom. The van der Waals surface area contributed by atoms with E-state index in [9.17, 15) is 0 Å². The van der Waals surface area contributed by atoms with E-state index >= 15 is 4.39 Å². The number of halogens is 1. The van der Waals surface area contributed by atoms with Crippen LogP contribution in [-0.4, -0.2) is 5.54 Å². The average Bonchev–Trinajstić information content (AvgIpc) is 3.01. The number of nitrogens with zero attached hydrogens (tertiary/aromatic N) is 1. The van der Waals surface area contributed by atoms with Crippen molar-refractivity contribution in [2.75, 3.05) is 4.90 Å². The highest BCUT2D eigenvalue weighted by molar-refractivity contribution is 5.84. The molecule has 0 saturated heterocycles. The molecule has 2 heteroatoms. The second-order valence-electron chi connectivity index (χ2n) is 10.4. The Hall–Kier alpha value is -3.39. The lowest BCUT2D eigenvalue weighted by molar-refractivity contribution is 0.539. The van der Waals surface area contributed by atoms with Crippen LogP contribution >= 0.6 is 0 Å². The zero-order valence-corrected chi connectivity index (χ0v) is 20.0. The van der Waals surface area contributed by atoms with Crippen LogP contribution in [0.1, 0.15) is 45.7 Å². The molecule has 1 aliphatic rings. The minimum absolute atomic E-state index is 0.184. The van der Waals surface area contributed by atoms with Crippen molar-refractivity contribution in [1.29, 1.82) is 0 Å². The molecular weight excluding hydrogens is 405 g/mol. The lowest BCUT2D eigenvalue weighted by Crippen LogP contribution is -2.38. The second kappa shape index (κ2) is 7.59. The highest BCUT2D eigenvalue weighted by Crippen LogP contribution is 2.51. The van der Waals surface area contributed by atoms with E-state index in [2.05, 4.69) is 106 Å². The van der Waals surface area contributed by atoms with Gasteiger partial charge in [0.1, 0.15) is 5.82 Å². The van der Waals surface area contributed by atoms with E-state index in [-0.39, 0.29) is 16.8 Å². The van der Waals surface area contributed by atoms with Gasteiger partial charge in [-0.3, -0.25) is 0 Å². The molecule has 1 aliphatic carbocycles. The standard InChI is InChI=1S/C31H30FN/c1-30(2,3)33(23-17-15-22(16-18-23)21-11-7-6-8-12-21)29-19-25-24-13-9-10-14-26(24)31(4,5)27(25)20-28(29)32/h6-20H,1-5H3. The van der Waals surface area contributed by atoms with E-state index in [0.29, 0.717) is 5.69 Å². The van der Waals surface area contributed by atoms with Crippen LogP contribution in [0.25, 0.3) is 22.3 Å². The molecule has 0 fully saturated rings. The third-order valence-corrected chi connectivity index (χ3v) is 6.80. The SMILES string of the molecule is CC1(C)c2ccccc2-c2cc(N(c3ccc(-c4ccccc4)cc3)C(C)(C)C)c(F)cc21. The number of fused-ring (bicyclic) bond motifs is 3. The largest absolute Gasteiger partial charge is 0.334 e. The van der Waals surface area contributed by atoms with Gasteiger partial charge in [-0.15, -0.1) is 0 Å². The first-order valence-corrected chi connectivity index (χ1v) is 11.6. The van der Waals surface area contributed by atoms with E-state index in [0.717, 1.165) is 22.4 Å². The van der Waals surface area contributed by atoms with Crippen LogP contribution < -0.4 is 4.90 Å². The van der Waals surface area contributed by atoms with Gasteiger partial charge in [0.25, 0.3) is 0 Å². The smallest absolute Gasteiger partial charge is 0.147 e. The topological polar surface area (TPSA) is 3.24 Å². The molecule has 0 bridgehead atoms. The van der Waals surface area contributed by atoms with Crippen molar-refractivity contribution in [2.45, 2.75) is 45.6 Å². The summed E-state index contributed by atoms with van der Waals surface area (Å²) < 4.78 is 15.8. The van der Waals surface area contributed by atoms with E-state index in [1.165, 1.54) is 16.7 Å². The van der Waals surface area contributed by atoms with Crippen molar-refractivity contribution in [3.05, 3.63) is 108 Å². The maximum atomic E-state index is 15.8. The minimum atomic E-state index is -0.309. The van der Waals surface area contributed by atoms with Crippen molar-refractivity contribution >= 4 is 11.4 Å². The molecule has 0 amide bonds. The summed E-state index contributed by atoms with van der Waals surface area (Å²) >= 11 is 0. The predicted molar refractivity (Wildman–Crippen MR) is 138 cm³/mol. The van der Waals surface area contributed by atoms with Crippen LogP contribution in [0.15, 0.2) is 91.0 Å². The quantitative estimate of drug-likeness (QED) is 0.311. The van der Waals surface area contributed by atoms with Crippen molar-refractivity contribution in [1.82, 2.24) is 0 Å². The summed E-state index contributed by atoms with van der Waals surface area (Å²) in [6.07, 6.45) is 0. The molecule has 0 unspecified atom stereocenters. The van der Waals surface area contributed by atoms with Gasteiger partial charge in [-0.2, -0.15) is 0 Å². The molecule has 0 aliphatic heterocycles. The van der Waals surface area contributed by atoms with E-state index in [1.54, 1.807) is 6.07 Å². The van der Waals surface area contributed by atoms with Gasteiger partial charge in [0.05, 0.1) is 5.69 Å². The van der Waals surface area contributed by atoms with E-state index in [4.69, 9.17) is 0 Å². The summed E-state index contributed by atoms with van der Waals surface area (Å²) in [7, 11) is 0. The second-order valence-corrected chi connectivity index (χ2v) is 10.4. The molecule has 0 N–H and O–H groups in total. The molecule has 0 radical (unpaired) electrons. The third-order valence-electron chi connectivity index (χ3n) is 6.80. The Labute approximate surface area is 196 Å². The fraction of sp³-hybridized carbons (Fsp3) is 0.226. The molecule has 5 rings (SSSR count). The van der Waals surface area contributed by atoms with E-state index < -0.39 is 0 Å². The number of benzene rings is 4. The fourth-order valence-electron chi connectivity index (χ4n) is 5.20. The van der Waals surface area contributed by atoms with Gasteiger partial charge in [-0.1, -0.05) is 80.6 Å². The van der Waals surface area contributed by atoms with Crippen molar-refractivity contribution in [3.8, 4) is 22.3 Å². The molecule has 0 spiro atoms. The van der Waals surface area contributed by atoms with Gasteiger partial charge in [0.2, 0.25) is 0 Å². The molecule has 0 atom stereocenters. The molecule has 4 aromatic carbocycles. The van der Waals surface area contributed by atoms with Gasteiger partial charge in [0.15, 0.2) is 0 Å². The highest BCUT2D eigenvalue weighted by atomic mass is 19.1. The summed E-state index contributed by atoms with van der Waals surface area (Å²) in [4.78, 5) is 2.12. The summed E-state index contributed by atoms with van der Waals surface area (Å²) in [6, 6.07) is 31.0. The van der Waals surface area contributed by atoms with Gasteiger partial charge >= 0.3 is 0 Å². The minimum Gasteiger partial charge on any atom is -0.334 e. The number of hydrogen-bond donors (Lipinski definition) is 0. The first-order chi connectivity index (χ1) is 15.7. The summed E-state index contributed by atoms with van der Waals surface area (Å²) in [6.45, 7) is 10.7. The maximum Gasteiger partial charge on any atom is 0.147 e. The maximum absolute atomic E-state index is 15.8. The lowest BCUT2D eigenvalue weighted by Gasteiger charge is -2.38. The third kappa shape index (κ3) is 3.54. The van der Waals surface area contributed by atoms with Gasteiger partial charge in [0, 0.05) is 16.6 Å². The Morgan fingerprint density at radius 1 is 0.667 bits per heavy atom. The molecule has 1 nitrogen and oxygen atoms in total. The average molecular weight is 436 g/mol. The predicted octanol–water partition coefficient (Wildman–Crippen LogP) is 8.74. The molecule has 0 aromatic heterocycles. The van der Waals surface area contributed by atoms with Gasteiger partial charge in [-0.05, 0) is 78.4 Å². The van der Waals surface area contributed by atoms with Crippen LogP contribution in [0.3, 0.4) is 0 Å². The zero-order valence-electron chi connectivity index (χ0n) is 20.0. The van der Waals surface area contributed by atoms with E-state index in [1.807, 2.05) is 18.2 Å². The Kier molecular flexibility index (Phi) is 4.93.